The van der Waals surface area contributed by atoms with Gasteiger partial charge in [0.1, 0.15) is 5.69 Å². The average Bonchev–Trinajstić information content (AvgIpc) is 2.63. The molecule has 0 bridgehead atoms. The van der Waals surface area contributed by atoms with Crippen LogP contribution in [0.5, 0.6) is 0 Å². The van der Waals surface area contributed by atoms with E-state index in [4.69, 9.17) is 5.73 Å². The molecular weight excluding hydrogens is 228 g/mol. The number of carbonyl (C=O) groups is 1. The minimum Gasteiger partial charge on any atom is -0.397 e. The molecule has 0 unspecified atom stereocenters. The highest BCUT2D eigenvalue weighted by molar-refractivity contribution is 6.04. The smallest absolute Gasteiger partial charge is 0.272 e. The number of nitrogens with two attached hydrogens (primary N) is 1. The van der Waals surface area contributed by atoms with Gasteiger partial charge >= 0.3 is 0 Å². The Kier molecular flexibility index (Phi) is 3.06. The molecule has 2 rings (SSSR count). The molecule has 0 fully saturated rings. The van der Waals surface area contributed by atoms with Crippen molar-refractivity contribution < 1.29 is 4.79 Å². The van der Waals surface area contributed by atoms with Crippen molar-refractivity contribution in [1.82, 2.24) is 9.55 Å². The predicted molar refractivity (Wildman–Crippen MR) is 71.5 cm³/mol. The van der Waals surface area contributed by atoms with Gasteiger partial charge in [0.25, 0.3) is 5.91 Å². The summed E-state index contributed by atoms with van der Waals surface area (Å²) in [6.45, 7) is 3.80. The summed E-state index contributed by atoms with van der Waals surface area (Å²) in [7, 11) is 1.79. The number of hydrogen-bond acceptors (Lipinski definition) is 3. The van der Waals surface area contributed by atoms with E-state index in [0.29, 0.717) is 11.4 Å². The molecule has 0 aromatic carbocycles. The second-order valence-corrected chi connectivity index (χ2v) is 4.31. The molecular formula is C13H16N4O. The lowest BCUT2D eigenvalue weighted by molar-refractivity contribution is 0.101. The van der Waals surface area contributed by atoms with Gasteiger partial charge in [-0.15, -0.1) is 0 Å². The number of carbonyl (C=O) groups excluding carboxylic acids is 1. The molecule has 1 amide bonds. The van der Waals surface area contributed by atoms with E-state index in [0.717, 1.165) is 16.9 Å². The van der Waals surface area contributed by atoms with Crippen LogP contribution in [0.2, 0.25) is 0 Å². The van der Waals surface area contributed by atoms with Gasteiger partial charge in [-0.25, -0.2) is 0 Å². The maximum atomic E-state index is 12.1. The van der Waals surface area contributed by atoms with Crippen molar-refractivity contribution >= 4 is 17.3 Å². The van der Waals surface area contributed by atoms with Crippen LogP contribution in [0.1, 0.15) is 21.7 Å². The zero-order valence-corrected chi connectivity index (χ0v) is 10.7. The molecule has 94 valence electrons. The van der Waals surface area contributed by atoms with Crippen molar-refractivity contribution in [3.05, 3.63) is 41.5 Å². The number of aryl methyl sites for hydroxylation is 3. The maximum Gasteiger partial charge on any atom is 0.272 e. The predicted octanol–water partition coefficient (Wildman–Crippen LogP) is 1.87. The van der Waals surface area contributed by atoms with Crippen molar-refractivity contribution in [3.8, 4) is 0 Å². The van der Waals surface area contributed by atoms with Gasteiger partial charge in [0.15, 0.2) is 0 Å². The van der Waals surface area contributed by atoms with Crippen LogP contribution in [0.25, 0.3) is 0 Å². The summed E-state index contributed by atoms with van der Waals surface area (Å²) >= 11 is 0. The molecule has 0 aliphatic carbocycles. The van der Waals surface area contributed by atoms with E-state index in [-0.39, 0.29) is 5.91 Å². The van der Waals surface area contributed by atoms with Gasteiger partial charge in [-0.05, 0) is 31.5 Å². The SMILES string of the molecule is Cc1ccnc(C)c1NC(=O)c1cc(N)cn1C. The first-order valence-corrected chi connectivity index (χ1v) is 5.64. The van der Waals surface area contributed by atoms with Gasteiger partial charge in [0, 0.05) is 19.4 Å². The maximum absolute atomic E-state index is 12.1. The normalized spacial score (nSPS) is 10.4. The van der Waals surface area contributed by atoms with Crippen LogP contribution in [0.15, 0.2) is 24.5 Å². The molecule has 0 spiro atoms. The van der Waals surface area contributed by atoms with Gasteiger partial charge in [-0.3, -0.25) is 9.78 Å². The molecule has 2 heterocycles. The molecule has 0 saturated carbocycles. The first kappa shape index (κ1) is 12.2. The summed E-state index contributed by atoms with van der Waals surface area (Å²) < 4.78 is 1.70. The zero-order chi connectivity index (χ0) is 13.3. The van der Waals surface area contributed by atoms with Crippen LogP contribution in [-0.4, -0.2) is 15.5 Å². The van der Waals surface area contributed by atoms with Crippen molar-refractivity contribution in [3.63, 3.8) is 0 Å². The van der Waals surface area contributed by atoms with Crippen molar-refractivity contribution in [2.24, 2.45) is 7.05 Å². The summed E-state index contributed by atoms with van der Waals surface area (Å²) in [6, 6.07) is 3.51. The second-order valence-electron chi connectivity index (χ2n) is 4.31. The lowest BCUT2D eigenvalue weighted by Gasteiger charge is -2.10. The summed E-state index contributed by atoms with van der Waals surface area (Å²) in [5.41, 5.74) is 9.29. The highest BCUT2D eigenvalue weighted by Gasteiger charge is 2.13. The number of nitrogen functional groups attached to an aromatic ring is 1. The Morgan fingerprint density at radius 2 is 2.17 bits per heavy atom. The number of hydrogen-bond donors (Lipinski definition) is 2. The number of rotatable bonds is 2. The topological polar surface area (TPSA) is 72.9 Å². The van der Waals surface area contributed by atoms with Crippen LogP contribution in [0.3, 0.4) is 0 Å². The summed E-state index contributed by atoms with van der Waals surface area (Å²) in [4.78, 5) is 16.3. The third kappa shape index (κ3) is 2.20. The van der Waals surface area contributed by atoms with Crippen LogP contribution in [0.4, 0.5) is 11.4 Å². The van der Waals surface area contributed by atoms with Crippen LogP contribution >= 0.6 is 0 Å². The highest BCUT2D eigenvalue weighted by Crippen LogP contribution is 2.19. The Morgan fingerprint density at radius 3 is 2.72 bits per heavy atom. The molecule has 5 heteroatoms. The van der Waals surface area contributed by atoms with Crippen LogP contribution in [0, 0.1) is 13.8 Å². The van der Waals surface area contributed by atoms with Crippen molar-refractivity contribution in [2.75, 3.05) is 11.1 Å². The van der Waals surface area contributed by atoms with Crippen molar-refractivity contribution in [2.45, 2.75) is 13.8 Å². The molecule has 0 aliphatic heterocycles. The lowest BCUT2D eigenvalue weighted by Crippen LogP contribution is -2.17. The quantitative estimate of drug-likeness (QED) is 0.847. The van der Waals surface area contributed by atoms with Gasteiger partial charge in [-0.1, -0.05) is 0 Å². The molecule has 18 heavy (non-hydrogen) atoms. The summed E-state index contributed by atoms with van der Waals surface area (Å²) in [5.74, 6) is -0.187. The molecule has 0 saturated heterocycles. The fourth-order valence-corrected chi connectivity index (χ4v) is 1.88. The van der Waals surface area contributed by atoms with Crippen LogP contribution < -0.4 is 11.1 Å². The largest absolute Gasteiger partial charge is 0.397 e. The Balaban J connectivity index is 2.30. The second kappa shape index (κ2) is 4.52. The Morgan fingerprint density at radius 1 is 1.44 bits per heavy atom. The first-order chi connectivity index (χ1) is 8.49. The molecule has 0 aliphatic rings. The molecule has 0 radical (unpaired) electrons. The molecule has 2 aromatic heterocycles. The van der Waals surface area contributed by atoms with E-state index >= 15 is 0 Å². The molecule has 5 nitrogen and oxygen atoms in total. The number of nitrogens with zero attached hydrogens (tertiary/aromatic N) is 2. The Labute approximate surface area is 106 Å². The van der Waals surface area contributed by atoms with Crippen molar-refractivity contribution in [1.29, 1.82) is 0 Å². The Bertz CT molecular complexity index is 581. The number of pyridine rings is 1. The number of anilines is 2. The van der Waals surface area contributed by atoms with Gasteiger partial charge in [0.2, 0.25) is 0 Å². The van der Waals surface area contributed by atoms with E-state index in [1.807, 2.05) is 19.9 Å². The molecule has 2 aromatic rings. The fraction of sp³-hybridized carbons (Fsp3) is 0.231. The highest BCUT2D eigenvalue weighted by atomic mass is 16.1. The van der Waals surface area contributed by atoms with Gasteiger partial charge in [-0.2, -0.15) is 0 Å². The summed E-state index contributed by atoms with van der Waals surface area (Å²) in [6.07, 6.45) is 3.43. The minimum atomic E-state index is -0.187. The summed E-state index contributed by atoms with van der Waals surface area (Å²) in [5, 5.41) is 2.87. The van der Waals surface area contributed by atoms with E-state index in [1.165, 1.54) is 0 Å². The first-order valence-electron chi connectivity index (χ1n) is 5.64. The standard InChI is InChI=1S/C13H16N4O/c1-8-4-5-15-9(2)12(8)16-13(18)11-6-10(14)7-17(11)3/h4-7H,14H2,1-3H3,(H,16,18). The van der Waals surface area contributed by atoms with E-state index in [9.17, 15) is 4.79 Å². The third-order valence-corrected chi connectivity index (χ3v) is 2.85. The van der Waals surface area contributed by atoms with Crippen LogP contribution in [-0.2, 0) is 7.05 Å². The lowest BCUT2D eigenvalue weighted by atomic mass is 10.2. The van der Waals surface area contributed by atoms with Gasteiger partial charge < -0.3 is 15.6 Å². The van der Waals surface area contributed by atoms with E-state index in [2.05, 4.69) is 10.3 Å². The minimum absolute atomic E-state index is 0.187. The Hall–Kier alpha value is -2.30. The molecule has 3 N–H and O–H groups in total. The molecule has 0 atom stereocenters. The average molecular weight is 244 g/mol. The number of aromatic nitrogens is 2. The number of amides is 1. The fourth-order valence-electron chi connectivity index (χ4n) is 1.88. The monoisotopic (exact) mass is 244 g/mol. The van der Waals surface area contributed by atoms with E-state index < -0.39 is 0 Å². The zero-order valence-electron chi connectivity index (χ0n) is 10.7. The number of nitrogens with one attached hydrogen (secondary N) is 1. The third-order valence-electron chi connectivity index (χ3n) is 2.85. The van der Waals surface area contributed by atoms with E-state index in [1.54, 1.807) is 30.1 Å². The van der Waals surface area contributed by atoms with Gasteiger partial charge in [0.05, 0.1) is 17.1 Å².